The molecule has 1 amide bonds. The van der Waals surface area contributed by atoms with Gasteiger partial charge < -0.3 is 19.6 Å². The lowest BCUT2D eigenvalue weighted by Gasteiger charge is -2.31. The highest BCUT2D eigenvalue weighted by Gasteiger charge is 2.29. The second kappa shape index (κ2) is 8.74. The monoisotopic (exact) mass is 348 g/mol. The standard InChI is InChI=1S/C19H28N2O4/c1-4-20(5-2)15-7-8-16(17(22)13-15)18(23)21-11-9-14(10-12-21)19(24)25-6-3/h7-8,13-14,22H,4-6,9-12H2,1-3H3. The number of carbonyl (C=O) groups is 2. The van der Waals surface area contributed by atoms with Gasteiger partial charge >= 0.3 is 5.97 Å². The van der Waals surface area contributed by atoms with E-state index in [-0.39, 0.29) is 23.5 Å². The van der Waals surface area contributed by atoms with Gasteiger partial charge in [-0.1, -0.05) is 0 Å². The molecule has 6 nitrogen and oxygen atoms in total. The number of aromatic hydroxyl groups is 1. The highest BCUT2D eigenvalue weighted by atomic mass is 16.5. The fourth-order valence-corrected chi connectivity index (χ4v) is 3.24. The van der Waals surface area contributed by atoms with E-state index in [1.165, 1.54) is 0 Å². The van der Waals surface area contributed by atoms with Gasteiger partial charge in [-0.3, -0.25) is 9.59 Å². The van der Waals surface area contributed by atoms with E-state index in [4.69, 9.17) is 4.74 Å². The van der Waals surface area contributed by atoms with Gasteiger partial charge in [0.1, 0.15) is 5.75 Å². The second-order valence-electron chi connectivity index (χ2n) is 6.19. The lowest BCUT2D eigenvalue weighted by Crippen LogP contribution is -2.40. The topological polar surface area (TPSA) is 70.1 Å². The summed E-state index contributed by atoms with van der Waals surface area (Å²) < 4.78 is 5.05. The second-order valence-corrected chi connectivity index (χ2v) is 6.19. The summed E-state index contributed by atoms with van der Waals surface area (Å²) >= 11 is 0. The fraction of sp³-hybridized carbons (Fsp3) is 0.579. The van der Waals surface area contributed by atoms with Crippen LogP contribution in [0.4, 0.5) is 5.69 Å². The third kappa shape index (κ3) is 4.44. The number of benzene rings is 1. The van der Waals surface area contributed by atoms with Crippen LogP contribution in [0.1, 0.15) is 44.0 Å². The largest absolute Gasteiger partial charge is 0.507 e. The number of phenolic OH excluding ortho intramolecular Hbond substituents is 1. The molecule has 0 atom stereocenters. The maximum Gasteiger partial charge on any atom is 0.309 e. The lowest BCUT2D eigenvalue weighted by molar-refractivity contribution is -0.149. The summed E-state index contributed by atoms with van der Waals surface area (Å²) in [6.07, 6.45) is 1.20. The van der Waals surface area contributed by atoms with Gasteiger partial charge in [0.25, 0.3) is 5.91 Å². The van der Waals surface area contributed by atoms with Crippen LogP contribution in [0.5, 0.6) is 5.75 Å². The van der Waals surface area contributed by atoms with Crippen LogP contribution in [0.15, 0.2) is 18.2 Å². The Labute approximate surface area is 149 Å². The quantitative estimate of drug-likeness (QED) is 0.801. The summed E-state index contributed by atoms with van der Waals surface area (Å²) in [6, 6.07) is 5.19. The molecule has 0 spiro atoms. The first-order valence-electron chi connectivity index (χ1n) is 9.05. The van der Waals surface area contributed by atoms with Gasteiger partial charge in [0, 0.05) is 37.9 Å². The van der Waals surface area contributed by atoms with Gasteiger partial charge in [-0.25, -0.2) is 0 Å². The van der Waals surface area contributed by atoms with Crippen LogP contribution in [0, 0.1) is 5.92 Å². The molecule has 1 aromatic carbocycles. The van der Waals surface area contributed by atoms with Crippen LogP contribution in [-0.4, -0.2) is 54.7 Å². The van der Waals surface area contributed by atoms with Crippen molar-refractivity contribution in [3.8, 4) is 5.75 Å². The summed E-state index contributed by atoms with van der Waals surface area (Å²) in [5.41, 5.74) is 1.21. The SMILES string of the molecule is CCOC(=O)C1CCN(C(=O)c2ccc(N(CC)CC)cc2O)CC1. The van der Waals surface area contributed by atoms with Crippen molar-refractivity contribution >= 4 is 17.6 Å². The Morgan fingerprint density at radius 1 is 1.20 bits per heavy atom. The molecule has 2 rings (SSSR count). The number of rotatable bonds is 6. The maximum atomic E-state index is 12.7. The Kier molecular flexibility index (Phi) is 6.67. The molecule has 138 valence electrons. The molecule has 25 heavy (non-hydrogen) atoms. The van der Waals surface area contributed by atoms with Crippen molar-refractivity contribution in [1.29, 1.82) is 0 Å². The zero-order valence-corrected chi connectivity index (χ0v) is 15.3. The van der Waals surface area contributed by atoms with Gasteiger partial charge in [-0.2, -0.15) is 0 Å². The van der Waals surface area contributed by atoms with E-state index < -0.39 is 0 Å². The Morgan fingerprint density at radius 3 is 2.36 bits per heavy atom. The van der Waals surface area contributed by atoms with Crippen molar-refractivity contribution in [2.75, 3.05) is 37.7 Å². The highest BCUT2D eigenvalue weighted by molar-refractivity contribution is 5.97. The average molecular weight is 348 g/mol. The van der Waals surface area contributed by atoms with Crippen molar-refractivity contribution in [1.82, 2.24) is 4.90 Å². The lowest BCUT2D eigenvalue weighted by atomic mass is 9.96. The molecule has 1 fully saturated rings. The molecular weight excluding hydrogens is 320 g/mol. The number of nitrogens with zero attached hydrogens (tertiary/aromatic N) is 2. The van der Waals surface area contributed by atoms with E-state index in [9.17, 15) is 14.7 Å². The van der Waals surface area contributed by atoms with Crippen LogP contribution in [0.2, 0.25) is 0 Å². The maximum absolute atomic E-state index is 12.7. The zero-order valence-electron chi connectivity index (χ0n) is 15.3. The van der Waals surface area contributed by atoms with Gasteiger partial charge in [0.15, 0.2) is 0 Å². The predicted molar refractivity (Wildman–Crippen MR) is 96.9 cm³/mol. The van der Waals surface area contributed by atoms with Crippen molar-refractivity contribution in [3.05, 3.63) is 23.8 Å². The van der Waals surface area contributed by atoms with E-state index in [1.54, 1.807) is 24.0 Å². The minimum atomic E-state index is -0.189. The third-order valence-corrected chi connectivity index (χ3v) is 4.74. The molecule has 0 unspecified atom stereocenters. The van der Waals surface area contributed by atoms with E-state index in [2.05, 4.69) is 4.90 Å². The Morgan fingerprint density at radius 2 is 1.84 bits per heavy atom. The van der Waals surface area contributed by atoms with Crippen LogP contribution in [-0.2, 0) is 9.53 Å². The fourth-order valence-electron chi connectivity index (χ4n) is 3.24. The molecule has 1 aliphatic heterocycles. The van der Waals surface area contributed by atoms with Gasteiger partial charge in [-0.15, -0.1) is 0 Å². The summed E-state index contributed by atoms with van der Waals surface area (Å²) in [5.74, 6) is -0.503. The summed E-state index contributed by atoms with van der Waals surface area (Å²) in [5, 5.41) is 10.3. The average Bonchev–Trinajstić information content (AvgIpc) is 2.63. The molecule has 0 aliphatic carbocycles. The smallest absolute Gasteiger partial charge is 0.309 e. The van der Waals surface area contributed by atoms with Gasteiger partial charge in [0.05, 0.1) is 18.1 Å². The normalized spacial score (nSPS) is 15.1. The minimum absolute atomic E-state index is 0.00177. The van der Waals surface area contributed by atoms with Gasteiger partial charge in [-0.05, 0) is 45.7 Å². The first kappa shape index (κ1) is 19.1. The number of phenols is 1. The summed E-state index contributed by atoms with van der Waals surface area (Å²) in [4.78, 5) is 28.3. The molecular formula is C19H28N2O4. The Bertz CT molecular complexity index is 605. The molecule has 0 bridgehead atoms. The molecule has 0 saturated carbocycles. The number of hydrogen-bond acceptors (Lipinski definition) is 5. The molecule has 1 heterocycles. The molecule has 1 N–H and O–H groups in total. The summed E-state index contributed by atoms with van der Waals surface area (Å²) in [6.45, 7) is 8.95. The third-order valence-electron chi connectivity index (χ3n) is 4.74. The predicted octanol–water partition coefficient (Wildman–Crippen LogP) is 2.65. The van der Waals surface area contributed by atoms with Crippen molar-refractivity contribution in [2.45, 2.75) is 33.6 Å². The van der Waals surface area contributed by atoms with Crippen molar-refractivity contribution < 1.29 is 19.4 Å². The van der Waals surface area contributed by atoms with Crippen LogP contribution in [0.3, 0.4) is 0 Å². The molecule has 0 radical (unpaired) electrons. The number of likely N-dealkylation sites (tertiary alicyclic amines) is 1. The Balaban J connectivity index is 2.03. The van der Waals surface area contributed by atoms with Crippen LogP contribution >= 0.6 is 0 Å². The first-order valence-corrected chi connectivity index (χ1v) is 9.05. The van der Waals surface area contributed by atoms with Crippen LogP contribution in [0.25, 0.3) is 0 Å². The van der Waals surface area contributed by atoms with Gasteiger partial charge in [0.2, 0.25) is 0 Å². The molecule has 1 saturated heterocycles. The molecule has 6 heteroatoms. The van der Waals surface area contributed by atoms with Crippen LogP contribution < -0.4 is 4.90 Å². The van der Waals surface area contributed by atoms with E-state index >= 15 is 0 Å². The summed E-state index contributed by atoms with van der Waals surface area (Å²) in [7, 11) is 0. The number of amides is 1. The van der Waals surface area contributed by atoms with E-state index in [0.29, 0.717) is 38.1 Å². The number of piperidine rings is 1. The number of ether oxygens (including phenoxy) is 1. The number of hydrogen-bond donors (Lipinski definition) is 1. The first-order chi connectivity index (χ1) is 12.0. The molecule has 1 aromatic rings. The molecule has 1 aliphatic rings. The minimum Gasteiger partial charge on any atom is -0.507 e. The number of carbonyl (C=O) groups excluding carboxylic acids is 2. The van der Waals surface area contributed by atoms with E-state index in [1.807, 2.05) is 19.9 Å². The Hall–Kier alpha value is -2.24. The van der Waals surface area contributed by atoms with Crippen molar-refractivity contribution in [2.24, 2.45) is 5.92 Å². The molecule has 0 aromatic heterocycles. The zero-order chi connectivity index (χ0) is 18.4. The van der Waals surface area contributed by atoms with E-state index in [0.717, 1.165) is 18.8 Å². The highest BCUT2D eigenvalue weighted by Crippen LogP contribution is 2.27. The number of esters is 1. The van der Waals surface area contributed by atoms with Crippen molar-refractivity contribution in [3.63, 3.8) is 0 Å². The number of anilines is 1.